The molecule has 0 radical (unpaired) electrons. The van der Waals surface area contributed by atoms with Gasteiger partial charge in [0.25, 0.3) is 5.69 Å². The molecule has 0 aliphatic heterocycles. The second-order valence-corrected chi connectivity index (χ2v) is 6.05. The van der Waals surface area contributed by atoms with Crippen molar-refractivity contribution in [3.05, 3.63) is 75.1 Å². The van der Waals surface area contributed by atoms with Gasteiger partial charge in [-0.2, -0.15) is 9.61 Å². The van der Waals surface area contributed by atoms with Crippen molar-refractivity contribution >= 4 is 22.0 Å². The monoisotopic (exact) mass is 351 g/mol. The smallest absolute Gasteiger partial charge is 0.265 e. The Morgan fingerprint density at radius 3 is 2.48 bits per heavy atom. The van der Waals surface area contributed by atoms with Crippen LogP contribution in [0.1, 0.15) is 0 Å². The lowest BCUT2D eigenvalue weighted by molar-refractivity contribution is -0.384. The maximum Gasteiger partial charge on any atom is 0.302 e. The molecule has 0 amide bonds. The molecule has 0 spiro atoms. The molecule has 4 rings (SSSR count). The van der Waals surface area contributed by atoms with Gasteiger partial charge in [0, 0.05) is 11.6 Å². The van der Waals surface area contributed by atoms with Crippen LogP contribution >= 0.6 is 11.3 Å². The van der Waals surface area contributed by atoms with Gasteiger partial charge in [-0.15, -0.1) is 10.2 Å². The number of nitro groups is 1. The Balaban J connectivity index is 1.92. The Bertz CT molecular complexity index is 1150. The van der Waals surface area contributed by atoms with E-state index >= 15 is 0 Å². The van der Waals surface area contributed by atoms with Crippen molar-refractivity contribution < 1.29 is 4.92 Å². The fourth-order valence-corrected chi connectivity index (χ4v) is 3.28. The zero-order valence-electron chi connectivity index (χ0n) is 12.6. The van der Waals surface area contributed by atoms with E-state index in [1.807, 2.05) is 6.07 Å². The van der Waals surface area contributed by atoms with Gasteiger partial charge in [0.1, 0.15) is 0 Å². The second kappa shape index (κ2) is 5.87. The van der Waals surface area contributed by atoms with E-state index in [4.69, 9.17) is 0 Å². The summed E-state index contributed by atoms with van der Waals surface area (Å²) in [7, 11) is 0. The van der Waals surface area contributed by atoms with Crippen molar-refractivity contribution in [1.82, 2.24) is 19.8 Å². The van der Waals surface area contributed by atoms with Crippen molar-refractivity contribution in [1.29, 1.82) is 0 Å². The van der Waals surface area contributed by atoms with Crippen LogP contribution in [0.3, 0.4) is 0 Å². The summed E-state index contributed by atoms with van der Waals surface area (Å²) in [5, 5.41) is 23.8. The minimum atomic E-state index is -0.481. The largest absolute Gasteiger partial charge is 0.302 e. The van der Waals surface area contributed by atoms with Crippen LogP contribution in [0.5, 0.6) is 0 Å². The summed E-state index contributed by atoms with van der Waals surface area (Å²) in [6.07, 6.45) is 0. The topological polar surface area (TPSA) is 103 Å². The van der Waals surface area contributed by atoms with Gasteiger partial charge in [-0.3, -0.25) is 14.9 Å². The molecule has 2 heterocycles. The van der Waals surface area contributed by atoms with Gasteiger partial charge in [-0.05, 0) is 6.07 Å². The van der Waals surface area contributed by atoms with Crippen molar-refractivity contribution in [2.75, 3.05) is 0 Å². The highest BCUT2D eigenvalue weighted by molar-refractivity contribution is 7.19. The Labute approximate surface area is 144 Å². The first-order valence-corrected chi connectivity index (χ1v) is 8.02. The standard InChI is InChI=1S/C16H9N5O3S/c22-15-13(10-6-2-1-3-7-10)17-18-16-20(15)19-14(25-16)11-8-4-5-9-12(11)21(23)24/h1-9H. The van der Waals surface area contributed by atoms with Crippen molar-refractivity contribution in [2.24, 2.45) is 0 Å². The molecule has 0 aliphatic rings. The van der Waals surface area contributed by atoms with Crippen LogP contribution in [0.4, 0.5) is 5.69 Å². The highest BCUT2D eigenvalue weighted by Gasteiger charge is 2.20. The molecule has 2 aromatic carbocycles. The Morgan fingerprint density at radius 2 is 1.72 bits per heavy atom. The van der Waals surface area contributed by atoms with Crippen LogP contribution in [-0.2, 0) is 0 Å². The summed E-state index contributed by atoms with van der Waals surface area (Å²) in [4.78, 5) is 23.7. The number of hydrogen-bond donors (Lipinski definition) is 0. The van der Waals surface area contributed by atoms with E-state index in [1.165, 1.54) is 6.07 Å². The number of hydrogen-bond acceptors (Lipinski definition) is 7. The third-order valence-corrected chi connectivity index (χ3v) is 4.50. The highest BCUT2D eigenvalue weighted by atomic mass is 32.1. The van der Waals surface area contributed by atoms with Gasteiger partial charge < -0.3 is 0 Å². The van der Waals surface area contributed by atoms with E-state index in [1.54, 1.807) is 42.5 Å². The minimum Gasteiger partial charge on any atom is -0.265 e. The molecule has 0 atom stereocenters. The third-order valence-electron chi connectivity index (χ3n) is 3.57. The number of nitro benzene ring substituents is 1. The van der Waals surface area contributed by atoms with Crippen molar-refractivity contribution in [3.8, 4) is 21.8 Å². The number of fused-ring (bicyclic) bond motifs is 1. The van der Waals surface area contributed by atoms with Crippen LogP contribution in [0.25, 0.3) is 26.8 Å². The van der Waals surface area contributed by atoms with Gasteiger partial charge in [-0.1, -0.05) is 53.8 Å². The molecule has 8 nitrogen and oxygen atoms in total. The van der Waals surface area contributed by atoms with Crippen molar-refractivity contribution in [2.45, 2.75) is 0 Å². The molecule has 0 bridgehead atoms. The average molecular weight is 351 g/mol. The summed E-state index contributed by atoms with van der Waals surface area (Å²) in [6.45, 7) is 0. The third kappa shape index (κ3) is 2.56. The van der Waals surface area contributed by atoms with Crippen LogP contribution in [0, 0.1) is 10.1 Å². The first kappa shape index (κ1) is 15.1. The molecule has 0 aliphatic carbocycles. The molecule has 0 unspecified atom stereocenters. The van der Waals surface area contributed by atoms with Gasteiger partial charge in [0.2, 0.25) is 4.96 Å². The predicted molar refractivity (Wildman–Crippen MR) is 92.5 cm³/mol. The molecule has 9 heteroatoms. The lowest BCUT2D eigenvalue weighted by Crippen LogP contribution is -2.19. The molecule has 0 N–H and O–H groups in total. The molecule has 25 heavy (non-hydrogen) atoms. The van der Waals surface area contributed by atoms with Crippen LogP contribution in [0.2, 0.25) is 0 Å². The zero-order valence-corrected chi connectivity index (χ0v) is 13.4. The molecule has 0 saturated carbocycles. The Hall–Kier alpha value is -3.46. The number of rotatable bonds is 3. The zero-order chi connectivity index (χ0) is 17.4. The van der Waals surface area contributed by atoms with Crippen LogP contribution < -0.4 is 5.56 Å². The highest BCUT2D eigenvalue weighted by Crippen LogP contribution is 2.31. The maximum absolute atomic E-state index is 12.7. The lowest BCUT2D eigenvalue weighted by atomic mass is 10.2. The van der Waals surface area contributed by atoms with E-state index in [0.29, 0.717) is 16.1 Å². The van der Waals surface area contributed by atoms with Gasteiger partial charge in [0.15, 0.2) is 10.7 Å². The Morgan fingerprint density at radius 1 is 1.00 bits per heavy atom. The van der Waals surface area contributed by atoms with Crippen LogP contribution in [0.15, 0.2) is 59.4 Å². The Kier molecular flexibility index (Phi) is 3.55. The first-order valence-electron chi connectivity index (χ1n) is 7.21. The van der Waals surface area contributed by atoms with E-state index < -0.39 is 10.5 Å². The molecule has 0 saturated heterocycles. The van der Waals surface area contributed by atoms with E-state index in [2.05, 4.69) is 15.3 Å². The fraction of sp³-hybridized carbons (Fsp3) is 0. The predicted octanol–water partition coefficient (Wildman–Crippen LogP) is 2.79. The molecule has 0 fully saturated rings. The first-order chi connectivity index (χ1) is 12.1. The summed E-state index contributed by atoms with van der Waals surface area (Å²) in [5.74, 6) is 0. The molecule has 122 valence electrons. The summed E-state index contributed by atoms with van der Waals surface area (Å²) in [6, 6.07) is 15.2. The van der Waals surface area contributed by atoms with E-state index in [0.717, 1.165) is 15.9 Å². The average Bonchev–Trinajstić information content (AvgIpc) is 3.08. The number of aromatic nitrogens is 4. The summed E-state index contributed by atoms with van der Waals surface area (Å²) < 4.78 is 1.13. The molecular weight excluding hydrogens is 342 g/mol. The van der Waals surface area contributed by atoms with E-state index in [9.17, 15) is 14.9 Å². The van der Waals surface area contributed by atoms with E-state index in [-0.39, 0.29) is 16.3 Å². The van der Waals surface area contributed by atoms with Gasteiger partial charge in [-0.25, -0.2) is 0 Å². The van der Waals surface area contributed by atoms with Crippen LogP contribution in [-0.4, -0.2) is 24.7 Å². The number of benzene rings is 2. The van der Waals surface area contributed by atoms with Gasteiger partial charge in [0.05, 0.1) is 10.5 Å². The summed E-state index contributed by atoms with van der Waals surface area (Å²) in [5.41, 5.74) is 0.652. The second-order valence-electron chi connectivity index (χ2n) is 5.10. The van der Waals surface area contributed by atoms with Crippen molar-refractivity contribution in [3.63, 3.8) is 0 Å². The SMILES string of the molecule is O=c1c(-c2ccccc2)nnc2sc(-c3ccccc3[N+](=O)[O-])nn12. The molecular formula is C16H9N5O3S. The maximum atomic E-state index is 12.7. The normalized spacial score (nSPS) is 10.9. The summed E-state index contributed by atoms with van der Waals surface area (Å²) >= 11 is 1.07. The minimum absolute atomic E-state index is 0.0779. The number of nitrogens with zero attached hydrogens (tertiary/aromatic N) is 5. The number of para-hydroxylation sites is 1. The molecule has 2 aromatic heterocycles. The lowest BCUT2D eigenvalue weighted by Gasteiger charge is -1.98. The quantitative estimate of drug-likeness (QED) is 0.415. The fourth-order valence-electron chi connectivity index (χ4n) is 2.41. The van der Waals surface area contributed by atoms with Gasteiger partial charge >= 0.3 is 5.56 Å². The molecule has 4 aromatic rings.